The van der Waals surface area contributed by atoms with Crippen LogP contribution in [0, 0.1) is 5.82 Å². The van der Waals surface area contributed by atoms with Crippen LogP contribution in [0.1, 0.15) is 32.6 Å². The molecule has 5 rings (SSSR count). The molecule has 254 valence electrons. The fraction of sp³-hybridized carbons (Fsp3) is 0.469. The summed E-state index contributed by atoms with van der Waals surface area (Å²) in [5.74, 6) is 0.0913. The Morgan fingerprint density at radius 3 is 2.49 bits per heavy atom. The molecule has 3 aromatic rings. The summed E-state index contributed by atoms with van der Waals surface area (Å²) in [5.41, 5.74) is 1.91. The minimum atomic E-state index is -3.50. The first-order valence-corrected chi connectivity index (χ1v) is 18.1. The standard InChI is InChI=1S/C32H42ClFN8O4S/c1-4-5-20-46-32(43)42-18-16-40(17-19-42)24-12-14-41(15-13-24)28-11-10-23(21-26(28)34)36-31-35-22-25(33)30(38-31)37-27-8-6-7-9-29(27)39(2)47(3,44)45/h6-11,21-22,24H,4-5,12-20H2,1-3H3,(H2,35,36,37,38). The second kappa shape index (κ2) is 15.3. The first kappa shape index (κ1) is 34.5. The van der Waals surface area contributed by atoms with Crippen molar-refractivity contribution >= 4 is 62.2 Å². The Bertz CT molecular complexity index is 1650. The Morgan fingerprint density at radius 1 is 1.09 bits per heavy atom. The maximum Gasteiger partial charge on any atom is 0.409 e. The van der Waals surface area contributed by atoms with Gasteiger partial charge in [-0.2, -0.15) is 4.98 Å². The maximum atomic E-state index is 15.4. The van der Waals surface area contributed by atoms with Crippen LogP contribution in [0.15, 0.2) is 48.7 Å². The Hall–Kier alpha value is -3.88. The normalized spacial score (nSPS) is 16.2. The fourth-order valence-electron chi connectivity index (χ4n) is 5.78. The van der Waals surface area contributed by atoms with Gasteiger partial charge in [0.1, 0.15) is 10.8 Å². The molecule has 0 spiro atoms. The van der Waals surface area contributed by atoms with E-state index in [2.05, 4.69) is 37.3 Å². The average Bonchev–Trinajstić information content (AvgIpc) is 3.06. The summed E-state index contributed by atoms with van der Waals surface area (Å²) in [6.07, 6.45) is 6.02. The Kier molecular flexibility index (Phi) is 11.3. The van der Waals surface area contributed by atoms with Gasteiger partial charge in [0.25, 0.3) is 0 Å². The summed E-state index contributed by atoms with van der Waals surface area (Å²) in [4.78, 5) is 27.3. The second-order valence-corrected chi connectivity index (χ2v) is 14.2. The van der Waals surface area contributed by atoms with Crippen molar-refractivity contribution in [2.45, 2.75) is 38.6 Å². The van der Waals surface area contributed by atoms with Gasteiger partial charge in [0.05, 0.1) is 36.1 Å². The number of ether oxygens (including phenoxy) is 1. The number of hydrogen-bond acceptors (Lipinski definition) is 10. The number of hydrogen-bond donors (Lipinski definition) is 2. The van der Waals surface area contributed by atoms with Crippen LogP contribution in [0.3, 0.4) is 0 Å². The van der Waals surface area contributed by atoms with Gasteiger partial charge in [0, 0.05) is 58.0 Å². The van der Waals surface area contributed by atoms with E-state index >= 15 is 4.39 Å². The molecule has 2 fully saturated rings. The topological polar surface area (TPSA) is 123 Å². The molecular weight excluding hydrogens is 647 g/mol. The summed E-state index contributed by atoms with van der Waals surface area (Å²) in [6, 6.07) is 12.2. The number of halogens is 2. The van der Waals surface area contributed by atoms with Crippen molar-refractivity contribution in [2.24, 2.45) is 0 Å². The summed E-state index contributed by atoms with van der Waals surface area (Å²) in [6.45, 7) is 6.97. The molecule has 2 aliphatic rings. The number of nitrogens with one attached hydrogen (secondary N) is 2. The largest absolute Gasteiger partial charge is 0.449 e. The zero-order chi connectivity index (χ0) is 33.6. The van der Waals surface area contributed by atoms with Crippen LogP contribution in [0.4, 0.5) is 43.7 Å². The molecule has 2 N–H and O–H groups in total. The van der Waals surface area contributed by atoms with E-state index in [1.54, 1.807) is 41.3 Å². The van der Waals surface area contributed by atoms with Crippen LogP contribution < -0.4 is 19.8 Å². The van der Waals surface area contributed by atoms with Gasteiger partial charge in [-0.25, -0.2) is 22.6 Å². The fourth-order valence-corrected chi connectivity index (χ4v) is 6.44. The van der Waals surface area contributed by atoms with Gasteiger partial charge in [-0.3, -0.25) is 9.21 Å². The van der Waals surface area contributed by atoms with E-state index in [0.29, 0.717) is 48.5 Å². The Morgan fingerprint density at radius 2 is 1.81 bits per heavy atom. The molecule has 47 heavy (non-hydrogen) atoms. The SMILES string of the molecule is CCCCOC(=O)N1CCN(C2CCN(c3ccc(Nc4ncc(Cl)c(Nc5ccccc5N(C)S(C)(=O)=O)n4)cc3F)CC2)CC1. The van der Waals surface area contributed by atoms with Crippen LogP contribution >= 0.6 is 11.6 Å². The van der Waals surface area contributed by atoms with Crippen molar-refractivity contribution in [3.8, 4) is 0 Å². The third kappa shape index (κ3) is 8.73. The van der Waals surface area contributed by atoms with E-state index in [4.69, 9.17) is 16.3 Å². The predicted molar refractivity (Wildman–Crippen MR) is 184 cm³/mol. The van der Waals surface area contributed by atoms with E-state index in [9.17, 15) is 13.2 Å². The van der Waals surface area contributed by atoms with E-state index in [1.807, 2.05) is 0 Å². The highest BCUT2D eigenvalue weighted by atomic mass is 35.5. The molecule has 2 aliphatic heterocycles. The zero-order valence-corrected chi connectivity index (χ0v) is 28.5. The number of amides is 1. The van der Waals surface area contributed by atoms with Gasteiger partial charge in [0.2, 0.25) is 16.0 Å². The Balaban J connectivity index is 1.16. The molecule has 3 heterocycles. The van der Waals surface area contributed by atoms with Gasteiger partial charge in [-0.1, -0.05) is 37.1 Å². The van der Waals surface area contributed by atoms with Crippen LogP contribution in [-0.4, -0.2) is 99.5 Å². The number of rotatable bonds is 11. The molecule has 15 heteroatoms. The highest BCUT2D eigenvalue weighted by Crippen LogP contribution is 2.33. The number of anilines is 6. The lowest BCUT2D eigenvalue weighted by Crippen LogP contribution is -2.54. The minimum absolute atomic E-state index is 0.188. The number of piperazine rings is 1. The van der Waals surface area contributed by atoms with Crippen molar-refractivity contribution < 1.29 is 22.3 Å². The van der Waals surface area contributed by atoms with Crippen molar-refractivity contribution in [1.29, 1.82) is 0 Å². The van der Waals surface area contributed by atoms with E-state index in [1.165, 1.54) is 19.3 Å². The highest BCUT2D eigenvalue weighted by Gasteiger charge is 2.30. The predicted octanol–water partition coefficient (Wildman–Crippen LogP) is 5.68. The molecule has 0 radical (unpaired) electrons. The molecule has 1 amide bonds. The van der Waals surface area contributed by atoms with Crippen molar-refractivity contribution in [3.05, 3.63) is 59.5 Å². The van der Waals surface area contributed by atoms with Gasteiger partial charge >= 0.3 is 6.09 Å². The summed E-state index contributed by atoms with van der Waals surface area (Å²) in [7, 11) is -2.04. The number of piperidine rings is 1. The molecular formula is C32H42ClFN8O4S. The highest BCUT2D eigenvalue weighted by molar-refractivity contribution is 7.92. The summed E-state index contributed by atoms with van der Waals surface area (Å²) < 4.78 is 46.2. The zero-order valence-electron chi connectivity index (χ0n) is 27.0. The number of aromatic nitrogens is 2. The summed E-state index contributed by atoms with van der Waals surface area (Å²) in [5, 5.41) is 6.35. The van der Waals surface area contributed by atoms with Crippen LogP contribution in [0.25, 0.3) is 0 Å². The van der Waals surface area contributed by atoms with Crippen LogP contribution in [0.2, 0.25) is 5.02 Å². The quantitative estimate of drug-likeness (QED) is 0.244. The number of carbonyl (C=O) groups is 1. The average molecular weight is 689 g/mol. The molecule has 0 atom stereocenters. The number of benzene rings is 2. The molecule has 2 saturated heterocycles. The minimum Gasteiger partial charge on any atom is -0.449 e. The third-order valence-corrected chi connectivity index (χ3v) is 10.0. The number of sulfonamides is 1. The first-order valence-electron chi connectivity index (χ1n) is 15.8. The monoisotopic (exact) mass is 688 g/mol. The molecule has 2 aromatic carbocycles. The van der Waals surface area contributed by atoms with Crippen molar-refractivity contribution in [3.63, 3.8) is 0 Å². The Labute approximate surface area is 280 Å². The van der Waals surface area contributed by atoms with Crippen LogP contribution in [0.5, 0.6) is 0 Å². The van der Waals surface area contributed by atoms with Crippen molar-refractivity contribution in [2.75, 3.05) is 79.0 Å². The molecule has 1 aromatic heterocycles. The number of unbranched alkanes of at least 4 members (excludes halogenated alkanes) is 1. The number of nitrogens with zero attached hydrogens (tertiary/aromatic N) is 6. The first-order chi connectivity index (χ1) is 22.5. The molecule has 0 unspecified atom stereocenters. The third-order valence-electron chi connectivity index (χ3n) is 8.56. The molecule has 0 saturated carbocycles. The molecule has 0 aliphatic carbocycles. The molecule has 0 bridgehead atoms. The van der Waals surface area contributed by atoms with Crippen LogP contribution in [-0.2, 0) is 14.8 Å². The van der Waals surface area contributed by atoms with Gasteiger partial charge in [0.15, 0.2) is 5.82 Å². The van der Waals surface area contributed by atoms with Gasteiger partial charge in [-0.05, 0) is 49.6 Å². The number of para-hydroxylation sites is 2. The van der Waals surface area contributed by atoms with E-state index < -0.39 is 10.0 Å². The van der Waals surface area contributed by atoms with Gasteiger partial charge < -0.3 is 25.2 Å². The smallest absolute Gasteiger partial charge is 0.409 e. The maximum absolute atomic E-state index is 15.4. The lowest BCUT2D eigenvalue weighted by Gasteiger charge is -2.43. The summed E-state index contributed by atoms with van der Waals surface area (Å²) >= 11 is 6.37. The van der Waals surface area contributed by atoms with E-state index in [-0.39, 0.29) is 28.7 Å². The van der Waals surface area contributed by atoms with E-state index in [0.717, 1.165) is 62.4 Å². The lowest BCUT2D eigenvalue weighted by molar-refractivity contribution is 0.0582. The number of carbonyl (C=O) groups excluding carboxylic acids is 1. The second-order valence-electron chi connectivity index (χ2n) is 11.8. The lowest BCUT2D eigenvalue weighted by atomic mass is 10.0. The van der Waals surface area contributed by atoms with Gasteiger partial charge in [-0.15, -0.1) is 0 Å². The molecule has 12 nitrogen and oxygen atoms in total. The van der Waals surface area contributed by atoms with Crippen molar-refractivity contribution in [1.82, 2.24) is 19.8 Å².